The van der Waals surface area contributed by atoms with Crippen molar-refractivity contribution in [1.82, 2.24) is 4.98 Å². The van der Waals surface area contributed by atoms with Crippen molar-refractivity contribution in [2.45, 2.75) is 20.4 Å². The summed E-state index contributed by atoms with van der Waals surface area (Å²) in [6.45, 7) is 6.59. The molecule has 0 radical (unpaired) electrons. The van der Waals surface area contributed by atoms with Gasteiger partial charge in [-0.2, -0.15) is 0 Å². The lowest BCUT2D eigenvalue weighted by Crippen LogP contribution is -2.46. The molecule has 0 unspecified atom stereocenters. The van der Waals surface area contributed by atoms with Crippen molar-refractivity contribution in [3.63, 3.8) is 0 Å². The highest BCUT2D eigenvalue weighted by molar-refractivity contribution is 6.04. The number of para-hydroxylation sites is 2. The highest BCUT2D eigenvalue weighted by Crippen LogP contribution is 2.33. The average molecular weight is 402 g/mol. The standard InChI is InChI=1S/C24H26N4O2/c1-3-30-22-9-5-4-7-20(22)26-24(29)28-16-15-27(23-21(28)8-6-14-25-23)17-19-12-10-18(2)11-13-19/h4-14H,3,15-17H2,1-2H3,(H,26,29). The summed E-state index contributed by atoms with van der Waals surface area (Å²) in [6, 6.07) is 19.6. The summed E-state index contributed by atoms with van der Waals surface area (Å²) in [7, 11) is 0. The number of benzene rings is 2. The predicted molar refractivity (Wildman–Crippen MR) is 120 cm³/mol. The molecule has 0 saturated carbocycles. The zero-order valence-electron chi connectivity index (χ0n) is 17.3. The van der Waals surface area contributed by atoms with Crippen LogP contribution in [0.4, 0.5) is 22.0 Å². The molecule has 0 bridgehead atoms. The third-order valence-corrected chi connectivity index (χ3v) is 5.12. The van der Waals surface area contributed by atoms with Crippen LogP contribution in [0.5, 0.6) is 5.75 Å². The van der Waals surface area contributed by atoms with Gasteiger partial charge < -0.3 is 15.0 Å². The van der Waals surface area contributed by atoms with Gasteiger partial charge in [-0.25, -0.2) is 9.78 Å². The minimum Gasteiger partial charge on any atom is -0.492 e. The Kier molecular flexibility index (Phi) is 5.84. The minimum absolute atomic E-state index is 0.189. The first kappa shape index (κ1) is 19.8. The van der Waals surface area contributed by atoms with Crippen LogP contribution in [-0.4, -0.2) is 30.7 Å². The Morgan fingerprint density at radius 2 is 1.87 bits per heavy atom. The van der Waals surface area contributed by atoms with Gasteiger partial charge in [-0.15, -0.1) is 0 Å². The van der Waals surface area contributed by atoms with E-state index in [-0.39, 0.29) is 6.03 Å². The van der Waals surface area contributed by atoms with E-state index in [1.807, 2.05) is 43.3 Å². The van der Waals surface area contributed by atoms with Gasteiger partial charge in [0.1, 0.15) is 5.75 Å². The lowest BCUT2D eigenvalue weighted by Gasteiger charge is -2.36. The molecular weight excluding hydrogens is 376 g/mol. The van der Waals surface area contributed by atoms with Crippen LogP contribution in [0.3, 0.4) is 0 Å². The molecule has 1 aromatic heterocycles. The van der Waals surface area contributed by atoms with E-state index in [0.717, 1.165) is 18.1 Å². The molecule has 1 N–H and O–H groups in total. The molecule has 154 valence electrons. The average Bonchev–Trinajstić information content (AvgIpc) is 2.77. The number of amides is 2. The molecule has 2 heterocycles. The molecule has 6 heteroatoms. The maximum absolute atomic E-state index is 13.1. The summed E-state index contributed by atoms with van der Waals surface area (Å²) in [6.07, 6.45) is 1.77. The molecule has 1 aliphatic rings. The molecule has 0 atom stereocenters. The van der Waals surface area contributed by atoms with Crippen molar-refractivity contribution >= 4 is 23.2 Å². The first-order chi connectivity index (χ1) is 14.7. The second-order valence-corrected chi connectivity index (χ2v) is 7.26. The van der Waals surface area contributed by atoms with Gasteiger partial charge in [0.15, 0.2) is 5.82 Å². The number of aryl methyl sites for hydroxylation is 1. The first-order valence-electron chi connectivity index (χ1n) is 10.2. The van der Waals surface area contributed by atoms with E-state index in [1.54, 1.807) is 11.1 Å². The summed E-state index contributed by atoms with van der Waals surface area (Å²) in [4.78, 5) is 21.6. The number of pyridine rings is 1. The first-order valence-corrected chi connectivity index (χ1v) is 10.2. The summed E-state index contributed by atoms with van der Waals surface area (Å²) in [5, 5.41) is 2.99. The third kappa shape index (κ3) is 4.22. The number of urea groups is 1. The van der Waals surface area contributed by atoms with Crippen molar-refractivity contribution in [3.05, 3.63) is 78.0 Å². The van der Waals surface area contributed by atoms with Gasteiger partial charge in [0.05, 0.1) is 18.0 Å². The molecule has 3 aromatic rings. The summed E-state index contributed by atoms with van der Waals surface area (Å²) in [5.41, 5.74) is 3.94. The molecule has 0 fully saturated rings. The zero-order chi connectivity index (χ0) is 20.9. The SMILES string of the molecule is CCOc1ccccc1NC(=O)N1CCN(Cc2ccc(C)cc2)c2ncccc21. The van der Waals surface area contributed by atoms with Gasteiger partial charge in [0.25, 0.3) is 0 Å². The highest BCUT2D eigenvalue weighted by Gasteiger charge is 2.28. The molecule has 0 saturated heterocycles. The molecule has 2 amide bonds. The van der Waals surface area contributed by atoms with E-state index in [1.165, 1.54) is 11.1 Å². The van der Waals surface area contributed by atoms with E-state index in [9.17, 15) is 4.79 Å². The largest absolute Gasteiger partial charge is 0.492 e. The monoisotopic (exact) mass is 402 g/mol. The van der Waals surface area contributed by atoms with E-state index in [0.29, 0.717) is 31.1 Å². The van der Waals surface area contributed by atoms with E-state index < -0.39 is 0 Å². The normalized spacial score (nSPS) is 13.0. The van der Waals surface area contributed by atoms with Crippen molar-refractivity contribution in [2.75, 3.05) is 34.8 Å². The fourth-order valence-corrected chi connectivity index (χ4v) is 3.60. The quantitative estimate of drug-likeness (QED) is 0.663. The van der Waals surface area contributed by atoms with Gasteiger partial charge in [-0.3, -0.25) is 4.90 Å². The smallest absolute Gasteiger partial charge is 0.326 e. The fourth-order valence-electron chi connectivity index (χ4n) is 3.60. The van der Waals surface area contributed by atoms with Crippen LogP contribution in [0.1, 0.15) is 18.1 Å². The topological polar surface area (TPSA) is 57.7 Å². The molecule has 1 aliphatic heterocycles. The van der Waals surface area contributed by atoms with Crippen molar-refractivity contribution in [1.29, 1.82) is 0 Å². The molecule has 6 nitrogen and oxygen atoms in total. The lowest BCUT2D eigenvalue weighted by molar-refractivity contribution is 0.256. The Bertz CT molecular complexity index is 1020. The Balaban J connectivity index is 1.55. The van der Waals surface area contributed by atoms with Gasteiger partial charge in [0.2, 0.25) is 0 Å². The Hall–Kier alpha value is -3.54. The van der Waals surface area contributed by atoms with E-state index >= 15 is 0 Å². The van der Waals surface area contributed by atoms with Crippen LogP contribution in [-0.2, 0) is 6.54 Å². The second-order valence-electron chi connectivity index (χ2n) is 7.26. The number of hydrogen-bond acceptors (Lipinski definition) is 4. The number of rotatable bonds is 5. The number of fused-ring (bicyclic) bond motifs is 1. The summed E-state index contributed by atoms with van der Waals surface area (Å²) >= 11 is 0. The Labute approximate surface area is 177 Å². The molecule has 0 spiro atoms. The Morgan fingerprint density at radius 1 is 1.07 bits per heavy atom. The van der Waals surface area contributed by atoms with Gasteiger partial charge >= 0.3 is 6.03 Å². The second kappa shape index (κ2) is 8.86. The number of anilines is 3. The number of carbonyl (C=O) groups excluding carboxylic acids is 1. The van der Waals surface area contributed by atoms with Gasteiger partial charge in [-0.1, -0.05) is 42.0 Å². The van der Waals surface area contributed by atoms with Crippen molar-refractivity contribution in [2.24, 2.45) is 0 Å². The molecular formula is C24H26N4O2. The number of carbonyl (C=O) groups is 1. The lowest BCUT2D eigenvalue weighted by atomic mass is 10.1. The van der Waals surface area contributed by atoms with Crippen LogP contribution < -0.4 is 19.9 Å². The maximum Gasteiger partial charge on any atom is 0.326 e. The van der Waals surface area contributed by atoms with Crippen LogP contribution in [0.2, 0.25) is 0 Å². The van der Waals surface area contributed by atoms with Crippen molar-refractivity contribution < 1.29 is 9.53 Å². The zero-order valence-corrected chi connectivity index (χ0v) is 17.3. The fraction of sp³-hybridized carbons (Fsp3) is 0.250. The van der Waals surface area contributed by atoms with Crippen LogP contribution in [0, 0.1) is 6.92 Å². The number of aromatic nitrogens is 1. The number of nitrogens with zero attached hydrogens (tertiary/aromatic N) is 3. The van der Waals surface area contributed by atoms with Crippen LogP contribution >= 0.6 is 0 Å². The Morgan fingerprint density at radius 3 is 2.67 bits per heavy atom. The van der Waals surface area contributed by atoms with Crippen LogP contribution in [0.25, 0.3) is 0 Å². The van der Waals surface area contributed by atoms with Gasteiger partial charge in [-0.05, 0) is 43.7 Å². The minimum atomic E-state index is -0.189. The summed E-state index contributed by atoms with van der Waals surface area (Å²) < 4.78 is 5.63. The van der Waals surface area contributed by atoms with Gasteiger partial charge in [0, 0.05) is 25.8 Å². The number of hydrogen-bond donors (Lipinski definition) is 1. The number of nitrogens with one attached hydrogen (secondary N) is 1. The van der Waals surface area contributed by atoms with E-state index in [4.69, 9.17) is 4.74 Å². The molecule has 4 rings (SSSR count). The number of ether oxygens (including phenoxy) is 1. The predicted octanol–water partition coefficient (Wildman–Crippen LogP) is 4.85. The molecule has 30 heavy (non-hydrogen) atoms. The highest BCUT2D eigenvalue weighted by atomic mass is 16.5. The van der Waals surface area contributed by atoms with Crippen molar-refractivity contribution in [3.8, 4) is 5.75 Å². The molecule has 0 aliphatic carbocycles. The molecule has 2 aromatic carbocycles. The summed E-state index contributed by atoms with van der Waals surface area (Å²) in [5.74, 6) is 1.48. The van der Waals surface area contributed by atoms with E-state index in [2.05, 4.69) is 46.4 Å². The maximum atomic E-state index is 13.1. The third-order valence-electron chi connectivity index (χ3n) is 5.12. The van der Waals surface area contributed by atoms with Crippen LogP contribution in [0.15, 0.2) is 66.9 Å².